The molecule has 26 heavy (non-hydrogen) atoms. The normalized spacial score (nSPS) is 25.9. The number of amides is 2. The van der Waals surface area contributed by atoms with Crippen molar-refractivity contribution in [3.63, 3.8) is 0 Å². The molecule has 0 radical (unpaired) electrons. The van der Waals surface area contributed by atoms with Crippen LogP contribution >= 0.6 is 0 Å². The van der Waals surface area contributed by atoms with Crippen LogP contribution in [0, 0.1) is 0 Å². The summed E-state index contributed by atoms with van der Waals surface area (Å²) in [6.07, 6.45) is 1.89. The zero-order chi connectivity index (χ0) is 18.7. The van der Waals surface area contributed by atoms with Crippen molar-refractivity contribution in [2.45, 2.75) is 36.2 Å². The second kappa shape index (κ2) is 5.78. The topological polar surface area (TPSA) is 109 Å². The van der Waals surface area contributed by atoms with Gasteiger partial charge in [0.2, 0.25) is 5.91 Å². The molecule has 10 heteroatoms. The van der Waals surface area contributed by atoms with Crippen molar-refractivity contribution in [2.24, 2.45) is 0 Å². The largest absolute Gasteiger partial charge is 0.334 e. The molecule has 2 heterocycles. The van der Waals surface area contributed by atoms with E-state index in [1.165, 1.54) is 23.1 Å². The van der Waals surface area contributed by atoms with Crippen molar-refractivity contribution in [2.75, 3.05) is 18.1 Å². The van der Waals surface area contributed by atoms with Gasteiger partial charge in [-0.15, -0.1) is 0 Å². The van der Waals surface area contributed by atoms with Crippen molar-refractivity contribution in [1.29, 1.82) is 0 Å². The molecule has 0 aromatic heterocycles. The van der Waals surface area contributed by atoms with E-state index < -0.39 is 44.3 Å². The number of rotatable bonds is 4. The molecule has 0 N–H and O–H groups in total. The molecule has 2 amide bonds. The minimum absolute atomic E-state index is 0.0283. The summed E-state index contributed by atoms with van der Waals surface area (Å²) < 4.78 is 49.3. The zero-order valence-corrected chi connectivity index (χ0v) is 15.5. The summed E-state index contributed by atoms with van der Waals surface area (Å²) >= 11 is 0. The van der Waals surface area contributed by atoms with Crippen molar-refractivity contribution in [3.8, 4) is 0 Å². The first-order valence-corrected chi connectivity index (χ1v) is 11.6. The number of carbonyl (C=O) groups is 2. The number of sulfonamides is 1. The van der Waals surface area contributed by atoms with Crippen molar-refractivity contribution < 1.29 is 26.4 Å². The molecular weight excluding hydrogens is 380 g/mol. The van der Waals surface area contributed by atoms with Crippen LogP contribution in [-0.2, 0) is 24.7 Å². The van der Waals surface area contributed by atoms with Crippen molar-refractivity contribution in [1.82, 2.24) is 9.21 Å². The molecular formula is C16H18N2O6S2. The molecule has 3 aliphatic rings. The predicted octanol–water partition coefficient (Wildman–Crippen LogP) is 0.00920. The maximum atomic E-state index is 12.8. The standard InChI is InChI=1S/C16H18N2O6S2/c19-15(18(11-5-6-11)12-7-8-25(21,22)10-12)9-17-16(20)13-3-1-2-4-14(13)26(17,23)24/h1-4,11-12H,5-10H2. The highest BCUT2D eigenvalue weighted by Crippen LogP contribution is 2.34. The average Bonchev–Trinajstić information content (AvgIpc) is 3.31. The van der Waals surface area contributed by atoms with Crippen LogP contribution < -0.4 is 0 Å². The number of sulfone groups is 1. The molecule has 1 aromatic rings. The van der Waals surface area contributed by atoms with Gasteiger partial charge in [0.1, 0.15) is 11.4 Å². The number of benzene rings is 1. The SMILES string of the molecule is O=C(CN1C(=O)c2ccccc2S1(=O)=O)N(C1CC1)C1CCS(=O)(=O)C1. The quantitative estimate of drug-likeness (QED) is 0.707. The molecule has 1 saturated carbocycles. The van der Waals surface area contributed by atoms with Crippen molar-refractivity contribution in [3.05, 3.63) is 29.8 Å². The molecule has 1 atom stereocenters. The van der Waals surface area contributed by atoms with E-state index in [4.69, 9.17) is 0 Å². The third-order valence-electron chi connectivity index (χ3n) is 5.02. The van der Waals surface area contributed by atoms with Gasteiger partial charge >= 0.3 is 0 Å². The Labute approximate surface area is 151 Å². The van der Waals surface area contributed by atoms with Gasteiger partial charge in [-0.2, -0.15) is 0 Å². The Bertz CT molecular complexity index is 997. The lowest BCUT2D eigenvalue weighted by molar-refractivity contribution is -0.133. The first-order chi connectivity index (χ1) is 12.2. The smallest absolute Gasteiger partial charge is 0.269 e. The maximum absolute atomic E-state index is 12.8. The predicted molar refractivity (Wildman–Crippen MR) is 91.6 cm³/mol. The first kappa shape index (κ1) is 17.5. The third kappa shape index (κ3) is 2.81. The fourth-order valence-electron chi connectivity index (χ4n) is 3.64. The number of nitrogens with zero attached hydrogens (tertiary/aromatic N) is 2. The number of fused-ring (bicyclic) bond motifs is 1. The summed E-state index contributed by atoms with van der Waals surface area (Å²) in [5, 5.41) is 0. The number of carbonyl (C=O) groups excluding carboxylic acids is 2. The van der Waals surface area contributed by atoms with E-state index in [0.29, 0.717) is 10.7 Å². The summed E-state index contributed by atoms with van der Waals surface area (Å²) in [5.41, 5.74) is 0.0571. The van der Waals surface area contributed by atoms with Crippen LogP contribution in [0.5, 0.6) is 0 Å². The maximum Gasteiger partial charge on any atom is 0.269 e. The number of hydrogen-bond donors (Lipinski definition) is 0. The molecule has 1 saturated heterocycles. The van der Waals surface area contributed by atoms with Crippen LogP contribution in [0.1, 0.15) is 29.6 Å². The van der Waals surface area contributed by atoms with Gasteiger partial charge in [-0.1, -0.05) is 12.1 Å². The summed E-state index contributed by atoms with van der Waals surface area (Å²) in [5.74, 6) is -1.31. The monoisotopic (exact) mass is 398 g/mol. The first-order valence-electron chi connectivity index (χ1n) is 8.38. The van der Waals surface area contributed by atoms with Crippen LogP contribution in [0.15, 0.2) is 29.2 Å². The van der Waals surface area contributed by atoms with E-state index in [1.807, 2.05) is 0 Å². The van der Waals surface area contributed by atoms with Gasteiger partial charge in [0.25, 0.3) is 15.9 Å². The van der Waals surface area contributed by atoms with Gasteiger partial charge in [0, 0.05) is 12.1 Å². The molecule has 1 aliphatic carbocycles. The Morgan fingerprint density at radius 1 is 1.08 bits per heavy atom. The molecule has 0 spiro atoms. The van der Waals surface area contributed by atoms with E-state index in [0.717, 1.165) is 12.8 Å². The van der Waals surface area contributed by atoms with Crippen molar-refractivity contribution >= 4 is 31.7 Å². The van der Waals surface area contributed by atoms with Crippen LogP contribution in [0.4, 0.5) is 0 Å². The fourth-order valence-corrected chi connectivity index (χ4v) is 6.87. The Morgan fingerprint density at radius 2 is 1.77 bits per heavy atom. The molecule has 2 aliphatic heterocycles. The van der Waals surface area contributed by atoms with Gasteiger partial charge in [0.05, 0.1) is 17.1 Å². The molecule has 0 bridgehead atoms. The van der Waals surface area contributed by atoms with Crippen LogP contribution in [0.3, 0.4) is 0 Å². The van der Waals surface area contributed by atoms with E-state index >= 15 is 0 Å². The summed E-state index contributed by atoms with van der Waals surface area (Å²) in [7, 11) is -7.23. The highest BCUT2D eigenvalue weighted by molar-refractivity contribution is 7.91. The second-order valence-electron chi connectivity index (χ2n) is 6.90. The minimum atomic E-state index is -4.06. The Balaban J connectivity index is 1.59. The van der Waals surface area contributed by atoms with E-state index in [2.05, 4.69) is 0 Å². The summed E-state index contributed by atoms with van der Waals surface area (Å²) in [4.78, 5) is 26.7. The van der Waals surface area contributed by atoms with Gasteiger partial charge in [-0.25, -0.2) is 21.1 Å². The third-order valence-corrected chi connectivity index (χ3v) is 8.56. The molecule has 1 unspecified atom stereocenters. The van der Waals surface area contributed by atoms with Crippen LogP contribution in [-0.4, -0.2) is 68.0 Å². The molecule has 2 fully saturated rings. The Kier molecular flexibility index (Phi) is 3.88. The fraction of sp³-hybridized carbons (Fsp3) is 0.500. The average molecular weight is 398 g/mol. The van der Waals surface area contributed by atoms with Crippen LogP contribution in [0.25, 0.3) is 0 Å². The lowest BCUT2D eigenvalue weighted by atomic mass is 10.2. The van der Waals surface area contributed by atoms with E-state index in [9.17, 15) is 26.4 Å². The minimum Gasteiger partial charge on any atom is -0.334 e. The lowest BCUT2D eigenvalue weighted by Crippen LogP contribution is -2.48. The summed E-state index contributed by atoms with van der Waals surface area (Å²) in [6, 6.07) is 5.34. The summed E-state index contributed by atoms with van der Waals surface area (Å²) in [6.45, 7) is -0.594. The zero-order valence-electron chi connectivity index (χ0n) is 13.9. The van der Waals surface area contributed by atoms with Gasteiger partial charge in [0.15, 0.2) is 9.84 Å². The van der Waals surface area contributed by atoms with E-state index in [-0.39, 0.29) is 28.0 Å². The molecule has 8 nitrogen and oxygen atoms in total. The molecule has 140 valence electrons. The van der Waals surface area contributed by atoms with Gasteiger partial charge in [-0.3, -0.25) is 9.59 Å². The highest BCUT2D eigenvalue weighted by atomic mass is 32.2. The number of hydrogen-bond acceptors (Lipinski definition) is 6. The molecule has 4 rings (SSSR count). The second-order valence-corrected chi connectivity index (χ2v) is 11.0. The lowest BCUT2D eigenvalue weighted by Gasteiger charge is -2.29. The van der Waals surface area contributed by atoms with E-state index in [1.54, 1.807) is 6.07 Å². The molecule has 1 aromatic carbocycles. The van der Waals surface area contributed by atoms with Gasteiger partial charge in [-0.05, 0) is 31.4 Å². The highest BCUT2D eigenvalue weighted by Gasteiger charge is 2.46. The Hall–Kier alpha value is -1.94. The van der Waals surface area contributed by atoms with Gasteiger partial charge < -0.3 is 4.90 Å². The Morgan fingerprint density at radius 3 is 2.35 bits per heavy atom. The van der Waals surface area contributed by atoms with Crippen LogP contribution in [0.2, 0.25) is 0 Å².